The predicted octanol–water partition coefficient (Wildman–Crippen LogP) is 2.28. The van der Waals surface area contributed by atoms with Gasteiger partial charge in [0, 0.05) is 0 Å². The molecule has 0 spiro atoms. The van der Waals surface area contributed by atoms with Crippen LogP contribution in [0.5, 0.6) is 0 Å². The van der Waals surface area contributed by atoms with Gasteiger partial charge in [-0.1, -0.05) is 20.2 Å². The Bertz CT molecular complexity index is 31.8. The molecule has 0 rings (SSSR count). The first-order chi connectivity index (χ1) is 2.64. The van der Waals surface area contributed by atoms with Crippen molar-refractivity contribution in [3.05, 3.63) is 0 Å². The Morgan fingerprint density at radius 3 is 1.67 bits per heavy atom. The summed E-state index contributed by atoms with van der Waals surface area (Å²) in [6, 6.07) is 0. The monoisotopic (exact) mass is 214 g/mol. The fourth-order valence-electron chi connectivity index (χ4n) is 0. The Morgan fingerprint density at radius 2 is 1.67 bits per heavy atom. The summed E-state index contributed by atoms with van der Waals surface area (Å²) in [5.41, 5.74) is 0. The first-order valence-electron chi connectivity index (χ1n) is 1.95. The van der Waals surface area contributed by atoms with Gasteiger partial charge in [0.15, 0.2) is 0 Å². The van der Waals surface area contributed by atoms with Crippen molar-refractivity contribution in [3.8, 4) is 0 Å². The fourth-order valence-corrected chi connectivity index (χ4v) is 0. The quantitative estimate of drug-likeness (QED) is 0.356. The summed E-state index contributed by atoms with van der Waals surface area (Å²) in [6.45, 7) is 6.85. The summed E-state index contributed by atoms with van der Waals surface area (Å²) in [5.74, 6) is 0. The minimum atomic E-state index is 0.327. The van der Waals surface area contributed by atoms with Crippen molar-refractivity contribution in [2.75, 3.05) is 13.3 Å². The molecule has 36 valence electrons. The largest absolute Gasteiger partial charge is 0.242 e. The van der Waals surface area contributed by atoms with E-state index in [1.165, 1.54) is 0 Å². The van der Waals surface area contributed by atoms with Crippen molar-refractivity contribution in [3.63, 3.8) is 0 Å². The van der Waals surface area contributed by atoms with Gasteiger partial charge in [-0.3, -0.25) is 0 Å². The SMILES string of the molecule is CB(I)P(C)C. The summed E-state index contributed by atoms with van der Waals surface area (Å²) >= 11 is 2.46. The molecule has 0 aliphatic heterocycles. The molecule has 0 amide bonds. The molecule has 6 heavy (non-hydrogen) atoms. The molecule has 0 unspecified atom stereocenters. The summed E-state index contributed by atoms with van der Waals surface area (Å²) in [5, 5.41) is 0. The zero-order chi connectivity index (χ0) is 5.15. The molecule has 0 aromatic carbocycles. The summed E-state index contributed by atoms with van der Waals surface area (Å²) in [7, 11) is 0.327. The predicted molar refractivity (Wildman–Crippen MR) is 44.4 cm³/mol. The van der Waals surface area contributed by atoms with E-state index in [-0.39, 0.29) is 0 Å². The van der Waals surface area contributed by atoms with Gasteiger partial charge in [-0.15, -0.1) is 30.2 Å². The minimum Gasteiger partial charge on any atom is -0.143 e. The highest BCUT2D eigenvalue weighted by Gasteiger charge is 2.02. The molecule has 3 heteroatoms. The smallest absolute Gasteiger partial charge is 0.143 e. The molecule has 0 radical (unpaired) electrons. The number of hydrogen-bond donors (Lipinski definition) is 0. The highest BCUT2D eigenvalue weighted by Crippen LogP contribution is 2.32. The van der Waals surface area contributed by atoms with Gasteiger partial charge in [-0.05, 0) is 0 Å². The average molecular weight is 214 g/mol. The molecular formula is C3H9BIP. The second-order valence-electron chi connectivity index (χ2n) is 1.54. The van der Waals surface area contributed by atoms with Crippen LogP contribution in [0.4, 0.5) is 0 Å². The molecule has 0 heterocycles. The first-order valence-corrected chi connectivity index (χ1v) is 5.50. The standard InChI is InChI=1S/C3H9BIP/c1-4(5)6(2)3/h1-3H3. The third kappa shape index (κ3) is 3.42. The van der Waals surface area contributed by atoms with Gasteiger partial charge in [-0.2, -0.15) is 0 Å². The molecule has 0 nitrogen and oxygen atoms in total. The van der Waals surface area contributed by atoms with Crippen molar-refractivity contribution in [2.24, 2.45) is 0 Å². The Kier molecular flexibility index (Phi) is 3.92. The molecule has 0 N–H and O–H groups in total. The molecule has 0 saturated heterocycles. The van der Waals surface area contributed by atoms with Crippen LogP contribution in [0.25, 0.3) is 0 Å². The minimum absolute atomic E-state index is 0.327. The van der Waals surface area contributed by atoms with E-state index in [0.717, 1.165) is 4.29 Å². The van der Waals surface area contributed by atoms with Gasteiger partial charge in [0.25, 0.3) is 0 Å². The van der Waals surface area contributed by atoms with Crippen molar-refractivity contribution in [2.45, 2.75) is 6.82 Å². The molecule has 0 aliphatic carbocycles. The maximum Gasteiger partial charge on any atom is 0.242 e. The highest BCUT2D eigenvalue weighted by molar-refractivity contribution is 14.1. The molecule has 0 bridgehead atoms. The lowest BCUT2D eigenvalue weighted by molar-refractivity contribution is 2.24. The number of rotatable bonds is 1. The van der Waals surface area contributed by atoms with Crippen molar-refractivity contribution in [1.82, 2.24) is 0 Å². The lowest BCUT2D eigenvalue weighted by Gasteiger charge is -2.00. The zero-order valence-corrected chi connectivity index (χ0v) is 7.45. The Balaban J connectivity index is 2.99. The molecule has 0 aromatic heterocycles. The van der Waals surface area contributed by atoms with E-state index < -0.39 is 0 Å². The molecule has 0 aliphatic rings. The van der Waals surface area contributed by atoms with Crippen molar-refractivity contribution >= 4 is 34.5 Å². The van der Waals surface area contributed by atoms with Gasteiger partial charge >= 0.3 is 0 Å². The van der Waals surface area contributed by atoms with Gasteiger partial charge < -0.3 is 0 Å². The summed E-state index contributed by atoms with van der Waals surface area (Å²) in [4.78, 5) is 0. The molecule has 0 atom stereocenters. The first kappa shape index (κ1) is 7.22. The second-order valence-corrected chi connectivity index (χ2v) is 7.09. The average Bonchev–Trinajstić information content (AvgIpc) is 1.36. The molecular weight excluding hydrogens is 205 g/mol. The number of hydrogen-bond acceptors (Lipinski definition) is 0. The van der Waals surface area contributed by atoms with Gasteiger partial charge in [0.2, 0.25) is 4.29 Å². The molecule has 0 fully saturated rings. The van der Waals surface area contributed by atoms with E-state index >= 15 is 0 Å². The summed E-state index contributed by atoms with van der Waals surface area (Å²) in [6.07, 6.45) is 0. The van der Waals surface area contributed by atoms with E-state index in [2.05, 4.69) is 42.5 Å². The van der Waals surface area contributed by atoms with Crippen LogP contribution in [0, 0.1) is 0 Å². The lowest BCUT2D eigenvalue weighted by atomic mass is 10.2. The third-order valence-electron chi connectivity index (χ3n) is 0.712. The van der Waals surface area contributed by atoms with E-state index in [1.54, 1.807) is 0 Å². The highest BCUT2D eigenvalue weighted by atomic mass is 127. The maximum atomic E-state index is 2.46. The third-order valence-corrected chi connectivity index (χ3v) is 5.48. The van der Waals surface area contributed by atoms with Crippen molar-refractivity contribution < 1.29 is 0 Å². The van der Waals surface area contributed by atoms with Crippen LogP contribution >= 0.6 is 30.2 Å². The van der Waals surface area contributed by atoms with E-state index in [0.29, 0.717) is 7.80 Å². The van der Waals surface area contributed by atoms with Crippen LogP contribution in [-0.4, -0.2) is 17.6 Å². The van der Waals surface area contributed by atoms with Crippen LogP contribution in [-0.2, 0) is 0 Å². The lowest BCUT2D eigenvalue weighted by Crippen LogP contribution is -1.87. The summed E-state index contributed by atoms with van der Waals surface area (Å²) < 4.78 is 0.887. The molecule has 0 aromatic rings. The van der Waals surface area contributed by atoms with E-state index in [9.17, 15) is 0 Å². The van der Waals surface area contributed by atoms with Crippen LogP contribution in [0.2, 0.25) is 6.82 Å². The Hall–Kier alpha value is 1.22. The second kappa shape index (κ2) is 3.26. The van der Waals surface area contributed by atoms with Gasteiger partial charge in [0.05, 0.1) is 0 Å². The van der Waals surface area contributed by atoms with E-state index in [1.807, 2.05) is 0 Å². The maximum absolute atomic E-state index is 2.46. The van der Waals surface area contributed by atoms with Gasteiger partial charge in [-0.25, -0.2) is 0 Å². The topological polar surface area (TPSA) is 0 Å². The van der Waals surface area contributed by atoms with Crippen LogP contribution < -0.4 is 0 Å². The van der Waals surface area contributed by atoms with Crippen LogP contribution in [0.15, 0.2) is 0 Å². The normalized spacial score (nSPS) is 9.50. The zero-order valence-electron chi connectivity index (χ0n) is 4.40. The van der Waals surface area contributed by atoms with Crippen LogP contribution in [0.3, 0.4) is 0 Å². The Labute approximate surface area is 54.7 Å². The van der Waals surface area contributed by atoms with Crippen molar-refractivity contribution in [1.29, 1.82) is 0 Å². The van der Waals surface area contributed by atoms with E-state index in [4.69, 9.17) is 0 Å². The fraction of sp³-hybridized carbons (Fsp3) is 1.00. The van der Waals surface area contributed by atoms with Crippen LogP contribution in [0.1, 0.15) is 0 Å². The number of halogens is 1. The Morgan fingerprint density at radius 1 is 1.50 bits per heavy atom. The molecule has 0 saturated carbocycles. The van der Waals surface area contributed by atoms with Gasteiger partial charge in [0.1, 0.15) is 0 Å².